The largest absolute Gasteiger partial charge is 0.497 e. The minimum Gasteiger partial charge on any atom is -0.497 e. The first-order valence-corrected chi connectivity index (χ1v) is 10.3. The number of benzene rings is 2. The Morgan fingerprint density at radius 3 is 2.76 bits per heavy atom. The highest BCUT2D eigenvalue weighted by molar-refractivity contribution is 7.07. The third-order valence-corrected chi connectivity index (χ3v) is 5.76. The molecule has 148 valence electrons. The van der Waals surface area contributed by atoms with Crippen LogP contribution in [0.3, 0.4) is 0 Å². The molecule has 29 heavy (non-hydrogen) atoms. The standard InChI is InChI=1S/C23H23N3O2S/c1-4-13-24-23-26(25-20-11-9-16-7-5-6-8-18(16)20)21(15-29-23)19-14-17(27-2)10-12-22(19)28-3/h4-8,10,12,14-15H,1,9,11,13H2,2-3H3. The maximum Gasteiger partial charge on any atom is 0.206 e. The summed E-state index contributed by atoms with van der Waals surface area (Å²) in [6, 6.07) is 14.2. The van der Waals surface area contributed by atoms with E-state index in [1.165, 1.54) is 11.1 Å². The first-order chi connectivity index (χ1) is 14.2. The van der Waals surface area contributed by atoms with Gasteiger partial charge in [-0.05, 0) is 36.6 Å². The Morgan fingerprint density at radius 2 is 1.97 bits per heavy atom. The number of thiazole rings is 1. The molecule has 5 nitrogen and oxygen atoms in total. The number of fused-ring (bicyclic) bond motifs is 1. The predicted octanol–water partition coefficient (Wildman–Crippen LogP) is 4.52. The summed E-state index contributed by atoms with van der Waals surface area (Å²) in [7, 11) is 3.33. The van der Waals surface area contributed by atoms with E-state index in [1.807, 2.05) is 22.9 Å². The second-order valence-corrected chi connectivity index (χ2v) is 7.45. The Bertz CT molecular complexity index is 1140. The van der Waals surface area contributed by atoms with Crippen LogP contribution in [0.4, 0.5) is 0 Å². The van der Waals surface area contributed by atoms with Gasteiger partial charge >= 0.3 is 0 Å². The zero-order valence-corrected chi connectivity index (χ0v) is 17.4. The van der Waals surface area contributed by atoms with Gasteiger partial charge in [0.05, 0.1) is 32.2 Å². The molecule has 0 saturated carbocycles. The van der Waals surface area contributed by atoms with Crippen molar-refractivity contribution in [2.45, 2.75) is 12.8 Å². The van der Waals surface area contributed by atoms with Crippen LogP contribution in [0.1, 0.15) is 17.5 Å². The van der Waals surface area contributed by atoms with Crippen LogP contribution in [0.15, 0.2) is 70.6 Å². The summed E-state index contributed by atoms with van der Waals surface area (Å²) in [5, 5.41) is 7.10. The summed E-state index contributed by atoms with van der Waals surface area (Å²) in [4.78, 5) is 5.47. The number of ether oxygens (including phenoxy) is 2. The molecule has 0 atom stereocenters. The molecule has 0 radical (unpaired) electrons. The smallest absolute Gasteiger partial charge is 0.206 e. The van der Waals surface area contributed by atoms with Gasteiger partial charge in [0, 0.05) is 16.5 Å². The van der Waals surface area contributed by atoms with Crippen molar-refractivity contribution in [2.24, 2.45) is 10.1 Å². The normalized spacial score (nSPS) is 14.8. The Hall–Kier alpha value is -3.12. The van der Waals surface area contributed by atoms with Gasteiger partial charge in [0.1, 0.15) is 11.5 Å². The van der Waals surface area contributed by atoms with Gasteiger partial charge in [-0.1, -0.05) is 30.3 Å². The monoisotopic (exact) mass is 405 g/mol. The summed E-state index contributed by atoms with van der Waals surface area (Å²) >= 11 is 1.55. The van der Waals surface area contributed by atoms with Gasteiger partial charge in [-0.3, -0.25) is 4.99 Å². The van der Waals surface area contributed by atoms with E-state index < -0.39 is 0 Å². The number of methoxy groups -OCH3 is 2. The molecular formula is C23H23N3O2S. The van der Waals surface area contributed by atoms with Crippen molar-refractivity contribution < 1.29 is 9.47 Å². The number of nitrogens with zero attached hydrogens (tertiary/aromatic N) is 3. The van der Waals surface area contributed by atoms with Gasteiger partial charge in [-0.25, -0.2) is 4.68 Å². The SMILES string of the molecule is C=CCN=c1scc(-c2cc(OC)ccc2OC)n1N=C1CCc2ccccc21. The minimum absolute atomic E-state index is 0.538. The molecule has 1 heterocycles. The number of rotatable bonds is 6. The quantitative estimate of drug-likeness (QED) is 0.566. The van der Waals surface area contributed by atoms with Gasteiger partial charge in [0.25, 0.3) is 0 Å². The Balaban J connectivity index is 1.91. The molecule has 0 N–H and O–H groups in total. The highest BCUT2D eigenvalue weighted by Gasteiger charge is 2.19. The van der Waals surface area contributed by atoms with Crippen molar-refractivity contribution in [3.05, 3.63) is 76.4 Å². The lowest BCUT2D eigenvalue weighted by molar-refractivity contribution is 0.404. The summed E-state index contributed by atoms with van der Waals surface area (Å²) < 4.78 is 13.0. The molecule has 0 fully saturated rings. The number of hydrogen-bond donors (Lipinski definition) is 0. The third kappa shape index (κ3) is 3.76. The van der Waals surface area contributed by atoms with E-state index in [0.717, 1.165) is 46.1 Å². The third-order valence-electron chi connectivity index (χ3n) is 4.90. The van der Waals surface area contributed by atoms with E-state index >= 15 is 0 Å². The molecule has 3 aromatic rings. The van der Waals surface area contributed by atoms with Gasteiger partial charge in [-0.2, -0.15) is 5.10 Å². The van der Waals surface area contributed by atoms with Crippen LogP contribution in [0, 0.1) is 0 Å². The highest BCUT2D eigenvalue weighted by atomic mass is 32.1. The van der Waals surface area contributed by atoms with Crippen molar-refractivity contribution in [1.29, 1.82) is 0 Å². The summed E-state index contributed by atoms with van der Waals surface area (Å²) in [5.41, 5.74) is 5.46. The van der Waals surface area contributed by atoms with Crippen molar-refractivity contribution in [2.75, 3.05) is 20.8 Å². The Kier molecular flexibility index (Phi) is 5.62. The Labute approximate surface area is 174 Å². The Morgan fingerprint density at radius 1 is 1.10 bits per heavy atom. The van der Waals surface area contributed by atoms with E-state index in [4.69, 9.17) is 14.6 Å². The molecule has 0 unspecified atom stereocenters. The number of hydrogen-bond acceptors (Lipinski definition) is 5. The molecule has 1 aliphatic carbocycles. The lowest BCUT2D eigenvalue weighted by atomic mass is 10.1. The molecule has 0 spiro atoms. The first-order valence-electron chi connectivity index (χ1n) is 9.45. The molecule has 2 aromatic carbocycles. The van der Waals surface area contributed by atoms with E-state index in [2.05, 4.69) is 41.2 Å². The van der Waals surface area contributed by atoms with E-state index in [0.29, 0.717) is 6.54 Å². The van der Waals surface area contributed by atoms with Crippen LogP contribution < -0.4 is 14.3 Å². The predicted molar refractivity (Wildman–Crippen MR) is 118 cm³/mol. The molecular weight excluding hydrogens is 382 g/mol. The molecule has 1 aromatic heterocycles. The fourth-order valence-corrected chi connectivity index (χ4v) is 4.31. The summed E-state index contributed by atoms with van der Waals surface area (Å²) in [5.74, 6) is 1.53. The van der Waals surface area contributed by atoms with Crippen LogP contribution >= 0.6 is 11.3 Å². The van der Waals surface area contributed by atoms with Crippen LogP contribution in [0.25, 0.3) is 11.3 Å². The van der Waals surface area contributed by atoms with Gasteiger partial charge in [0.2, 0.25) is 4.80 Å². The molecule has 1 aliphatic rings. The van der Waals surface area contributed by atoms with Gasteiger partial charge in [-0.15, -0.1) is 17.9 Å². The fraction of sp³-hybridized carbons (Fsp3) is 0.217. The van der Waals surface area contributed by atoms with Crippen molar-refractivity contribution >= 4 is 17.0 Å². The average Bonchev–Trinajstić information content (AvgIpc) is 3.36. The van der Waals surface area contributed by atoms with E-state index in [1.54, 1.807) is 31.6 Å². The zero-order chi connectivity index (χ0) is 20.2. The van der Waals surface area contributed by atoms with E-state index in [-0.39, 0.29) is 0 Å². The molecule has 0 saturated heterocycles. The lowest BCUT2D eigenvalue weighted by Crippen LogP contribution is -2.15. The maximum absolute atomic E-state index is 5.61. The van der Waals surface area contributed by atoms with Crippen molar-refractivity contribution in [1.82, 2.24) is 4.68 Å². The second-order valence-electron chi connectivity index (χ2n) is 6.61. The minimum atomic E-state index is 0.538. The first kappa shape index (κ1) is 19.2. The van der Waals surface area contributed by atoms with Crippen LogP contribution in [-0.2, 0) is 6.42 Å². The number of aromatic nitrogens is 1. The molecule has 6 heteroatoms. The van der Waals surface area contributed by atoms with Crippen LogP contribution in [0.5, 0.6) is 11.5 Å². The zero-order valence-electron chi connectivity index (χ0n) is 16.6. The molecule has 0 bridgehead atoms. The fourth-order valence-electron chi connectivity index (χ4n) is 3.48. The van der Waals surface area contributed by atoms with Crippen LogP contribution in [-0.4, -0.2) is 31.2 Å². The van der Waals surface area contributed by atoms with Crippen LogP contribution in [0.2, 0.25) is 0 Å². The van der Waals surface area contributed by atoms with Crippen molar-refractivity contribution in [3.8, 4) is 22.8 Å². The van der Waals surface area contributed by atoms with Crippen molar-refractivity contribution in [3.63, 3.8) is 0 Å². The lowest BCUT2D eigenvalue weighted by Gasteiger charge is -2.11. The number of aryl methyl sites for hydroxylation is 1. The molecule has 0 amide bonds. The van der Waals surface area contributed by atoms with Gasteiger partial charge in [0.15, 0.2) is 0 Å². The second kappa shape index (κ2) is 8.49. The maximum atomic E-state index is 5.61. The topological polar surface area (TPSA) is 48.1 Å². The van der Waals surface area contributed by atoms with Gasteiger partial charge < -0.3 is 9.47 Å². The molecule has 4 rings (SSSR count). The summed E-state index contributed by atoms with van der Waals surface area (Å²) in [6.07, 6.45) is 3.71. The average molecular weight is 406 g/mol. The summed E-state index contributed by atoms with van der Waals surface area (Å²) in [6.45, 7) is 4.32. The highest BCUT2D eigenvalue weighted by Crippen LogP contribution is 2.34. The molecule has 0 aliphatic heterocycles. The van der Waals surface area contributed by atoms with E-state index in [9.17, 15) is 0 Å².